The minimum atomic E-state index is -0.815. The Kier molecular flexibility index (Phi) is 5.38. The van der Waals surface area contributed by atoms with Crippen LogP contribution in [0.1, 0.15) is 16.7 Å². The standard InChI is InChI=1S/C31H24N2O3/c1-34-24-12-8-22(9-13-24)31(23-10-14-25(35-2)15-11-23)19-18-26-27-20-32-30(21-6-4-3-5-7-21)33-28(27)16-17-29(26)36-31/h3-20H,1-2H3. The number of ether oxygens (including phenoxy) is 3. The molecule has 0 unspecified atom stereocenters. The van der Waals surface area contributed by atoms with Crippen molar-refractivity contribution in [2.45, 2.75) is 5.60 Å². The molecule has 176 valence electrons. The van der Waals surface area contributed by atoms with Gasteiger partial charge in [0.15, 0.2) is 11.4 Å². The maximum atomic E-state index is 6.84. The van der Waals surface area contributed by atoms with Crippen molar-refractivity contribution in [3.05, 3.63) is 120 Å². The van der Waals surface area contributed by atoms with Crippen molar-refractivity contribution in [3.8, 4) is 28.6 Å². The van der Waals surface area contributed by atoms with Crippen LogP contribution < -0.4 is 14.2 Å². The van der Waals surface area contributed by atoms with E-state index in [9.17, 15) is 0 Å². The van der Waals surface area contributed by atoms with Crippen molar-refractivity contribution < 1.29 is 14.2 Å². The van der Waals surface area contributed by atoms with E-state index in [0.29, 0.717) is 5.82 Å². The topological polar surface area (TPSA) is 53.5 Å². The van der Waals surface area contributed by atoms with Crippen LogP contribution >= 0.6 is 0 Å². The zero-order valence-corrected chi connectivity index (χ0v) is 20.0. The average molecular weight is 473 g/mol. The second-order valence-electron chi connectivity index (χ2n) is 8.60. The van der Waals surface area contributed by atoms with Crippen molar-refractivity contribution in [3.63, 3.8) is 0 Å². The van der Waals surface area contributed by atoms with Gasteiger partial charge < -0.3 is 14.2 Å². The van der Waals surface area contributed by atoms with E-state index in [1.165, 1.54) is 0 Å². The van der Waals surface area contributed by atoms with Crippen LogP contribution in [0.15, 0.2) is 103 Å². The van der Waals surface area contributed by atoms with Crippen LogP contribution in [0.5, 0.6) is 17.2 Å². The third kappa shape index (κ3) is 3.66. The van der Waals surface area contributed by atoms with Gasteiger partial charge in [-0.3, -0.25) is 0 Å². The lowest BCUT2D eigenvalue weighted by Gasteiger charge is -2.36. The molecule has 5 heteroatoms. The molecule has 1 aliphatic rings. The maximum Gasteiger partial charge on any atom is 0.178 e. The molecule has 0 aliphatic carbocycles. The van der Waals surface area contributed by atoms with E-state index >= 15 is 0 Å². The highest BCUT2D eigenvalue weighted by Gasteiger charge is 2.37. The summed E-state index contributed by atoms with van der Waals surface area (Å²) in [4.78, 5) is 9.46. The highest BCUT2D eigenvalue weighted by molar-refractivity contribution is 5.92. The summed E-state index contributed by atoms with van der Waals surface area (Å²) in [5, 5.41) is 0.946. The normalized spacial score (nSPS) is 13.6. The molecule has 4 aromatic carbocycles. The van der Waals surface area contributed by atoms with E-state index in [1.54, 1.807) is 14.2 Å². The minimum absolute atomic E-state index is 0.703. The molecular formula is C31H24N2O3. The minimum Gasteiger partial charge on any atom is -0.497 e. The quantitative estimate of drug-likeness (QED) is 0.286. The summed E-state index contributed by atoms with van der Waals surface area (Å²) in [5.41, 5.74) is 3.99. The number of hydrogen-bond donors (Lipinski definition) is 0. The molecule has 0 spiro atoms. The van der Waals surface area contributed by atoms with Gasteiger partial charge in [0, 0.05) is 33.8 Å². The molecule has 1 aliphatic heterocycles. The Hall–Kier alpha value is -4.64. The number of benzene rings is 4. The molecule has 0 amide bonds. The van der Waals surface area contributed by atoms with Crippen LogP contribution in [0.2, 0.25) is 0 Å². The van der Waals surface area contributed by atoms with Crippen molar-refractivity contribution in [1.29, 1.82) is 0 Å². The predicted molar refractivity (Wildman–Crippen MR) is 141 cm³/mol. The molecule has 0 saturated carbocycles. The summed E-state index contributed by atoms with van der Waals surface area (Å²) >= 11 is 0. The van der Waals surface area contributed by atoms with Gasteiger partial charge in [-0.15, -0.1) is 0 Å². The van der Waals surface area contributed by atoms with Crippen molar-refractivity contribution >= 4 is 17.0 Å². The Bertz CT molecular complexity index is 1510. The first-order valence-electron chi connectivity index (χ1n) is 11.7. The van der Waals surface area contributed by atoms with Crippen molar-refractivity contribution in [1.82, 2.24) is 9.97 Å². The molecule has 0 N–H and O–H groups in total. The third-order valence-corrected chi connectivity index (χ3v) is 6.59. The van der Waals surface area contributed by atoms with Crippen LogP contribution in [-0.4, -0.2) is 24.2 Å². The molecule has 1 aromatic heterocycles. The maximum absolute atomic E-state index is 6.84. The van der Waals surface area contributed by atoms with Crippen LogP contribution in [0.3, 0.4) is 0 Å². The summed E-state index contributed by atoms with van der Waals surface area (Å²) in [6.45, 7) is 0. The fourth-order valence-electron chi connectivity index (χ4n) is 4.66. The van der Waals surface area contributed by atoms with Gasteiger partial charge in [-0.05, 0) is 48.6 Å². The van der Waals surface area contributed by atoms with E-state index in [2.05, 4.69) is 17.1 Å². The van der Waals surface area contributed by atoms with Gasteiger partial charge in [-0.2, -0.15) is 0 Å². The fraction of sp³-hybridized carbons (Fsp3) is 0.0968. The molecule has 5 aromatic rings. The molecule has 6 rings (SSSR count). The summed E-state index contributed by atoms with van der Waals surface area (Å²) < 4.78 is 17.6. The van der Waals surface area contributed by atoms with Gasteiger partial charge in [0.1, 0.15) is 17.2 Å². The van der Waals surface area contributed by atoms with Gasteiger partial charge >= 0.3 is 0 Å². The van der Waals surface area contributed by atoms with Crippen LogP contribution in [0, 0.1) is 0 Å². The van der Waals surface area contributed by atoms with Crippen LogP contribution in [0.4, 0.5) is 0 Å². The van der Waals surface area contributed by atoms with E-state index in [4.69, 9.17) is 19.2 Å². The first-order valence-corrected chi connectivity index (χ1v) is 11.7. The van der Waals surface area contributed by atoms with Gasteiger partial charge in [-0.25, -0.2) is 9.97 Å². The summed E-state index contributed by atoms with van der Waals surface area (Å²) in [6, 6.07) is 29.9. The number of nitrogens with zero attached hydrogens (tertiary/aromatic N) is 2. The Labute approximate surface area is 209 Å². The molecule has 36 heavy (non-hydrogen) atoms. The lowest BCUT2D eigenvalue weighted by atomic mass is 9.83. The van der Waals surface area contributed by atoms with Crippen molar-refractivity contribution in [2.75, 3.05) is 14.2 Å². The zero-order valence-electron chi connectivity index (χ0n) is 20.0. The van der Waals surface area contributed by atoms with E-state index < -0.39 is 5.60 Å². The van der Waals surface area contributed by atoms with Crippen molar-refractivity contribution in [2.24, 2.45) is 0 Å². The molecular weight excluding hydrogens is 448 g/mol. The van der Waals surface area contributed by atoms with Gasteiger partial charge in [0.05, 0.1) is 19.7 Å². The molecule has 0 atom stereocenters. The number of hydrogen-bond acceptors (Lipinski definition) is 5. The lowest BCUT2D eigenvalue weighted by molar-refractivity contribution is 0.161. The Morgan fingerprint density at radius 3 is 1.97 bits per heavy atom. The Balaban J connectivity index is 1.47. The molecule has 0 fully saturated rings. The second kappa shape index (κ2) is 8.86. The average Bonchev–Trinajstić information content (AvgIpc) is 2.97. The number of methoxy groups -OCH3 is 2. The summed E-state index contributed by atoms with van der Waals surface area (Å²) in [7, 11) is 3.33. The zero-order chi connectivity index (χ0) is 24.5. The van der Waals surface area contributed by atoms with Gasteiger partial charge in [0.2, 0.25) is 0 Å². The van der Waals surface area contributed by atoms with Crippen LogP contribution in [0.25, 0.3) is 28.4 Å². The molecule has 0 bridgehead atoms. The van der Waals surface area contributed by atoms with E-state index in [-0.39, 0.29) is 0 Å². The smallest absolute Gasteiger partial charge is 0.178 e. The van der Waals surface area contributed by atoms with E-state index in [0.717, 1.165) is 50.4 Å². The number of aromatic nitrogens is 2. The largest absolute Gasteiger partial charge is 0.497 e. The molecule has 0 radical (unpaired) electrons. The predicted octanol–water partition coefficient (Wildman–Crippen LogP) is 6.66. The number of fused-ring (bicyclic) bond motifs is 3. The monoisotopic (exact) mass is 472 g/mol. The lowest BCUT2D eigenvalue weighted by Crippen LogP contribution is -2.34. The Morgan fingerprint density at radius 1 is 0.722 bits per heavy atom. The van der Waals surface area contributed by atoms with E-state index in [1.807, 2.05) is 97.2 Å². The number of rotatable bonds is 5. The molecule has 5 nitrogen and oxygen atoms in total. The highest BCUT2D eigenvalue weighted by atomic mass is 16.5. The Morgan fingerprint density at radius 2 is 1.36 bits per heavy atom. The molecule has 0 saturated heterocycles. The highest BCUT2D eigenvalue weighted by Crippen LogP contribution is 2.44. The van der Waals surface area contributed by atoms with Gasteiger partial charge in [0.25, 0.3) is 0 Å². The fourth-order valence-corrected chi connectivity index (χ4v) is 4.66. The SMILES string of the molecule is COc1ccc(C2(c3ccc(OC)cc3)C=Cc3c(ccc4nc(-c5ccccc5)ncc34)O2)cc1. The third-order valence-electron chi connectivity index (χ3n) is 6.59. The summed E-state index contributed by atoms with van der Waals surface area (Å²) in [6.07, 6.45) is 6.09. The first kappa shape index (κ1) is 21.9. The first-order chi connectivity index (χ1) is 17.7. The van der Waals surface area contributed by atoms with Gasteiger partial charge in [-0.1, -0.05) is 54.6 Å². The second-order valence-corrected chi connectivity index (χ2v) is 8.60. The molecule has 2 heterocycles. The summed E-state index contributed by atoms with van der Waals surface area (Å²) in [5.74, 6) is 3.06. The van der Waals surface area contributed by atoms with Crippen LogP contribution in [-0.2, 0) is 5.60 Å².